The molecule has 0 saturated heterocycles. The molecule has 0 aliphatic rings. The van der Waals surface area contributed by atoms with Gasteiger partial charge in [0.05, 0.1) is 0 Å². The van der Waals surface area contributed by atoms with Gasteiger partial charge in [0.25, 0.3) is 0 Å². The minimum absolute atomic E-state index is 0.432. The van der Waals surface area contributed by atoms with Crippen LogP contribution in [0.15, 0.2) is 24.3 Å². The second kappa shape index (κ2) is 5.84. The summed E-state index contributed by atoms with van der Waals surface area (Å²) in [5.41, 5.74) is 5.57. The molecule has 5 heteroatoms. The van der Waals surface area contributed by atoms with Gasteiger partial charge in [0, 0.05) is 12.1 Å². The highest BCUT2D eigenvalue weighted by Gasteiger charge is 2.33. The number of carboxylic acid groups (broad SMARTS) is 1. The predicted octanol–water partition coefficient (Wildman–Crippen LogP) is 1.47. The molecule has 0 atom stereocenters. The number of hydrogen-bond acceptors (Lipinski definition) is 3. The molecule has 1 aromatic rings. The summed E-state index contributed by atoms with van der Waals surface area (Å²) >= 11 is 0. The lowest BCUT2D eigenvalue weighted by Gasteiger charge is -2.34. The molecular weight excluding hydrogens is 244 g/mol. The average Bonchev–Trinajstić information content (AvgIpc) is 2.35. The van der Waals surface area contributed by atoms with Gasteiger partial charge in [-0.15, -0.1) is 0 Å². The topological polar surface area (TPSA) is 83.6 Å². The van der Waals surface area contributed by atoms with Gasteiger partial charge in [-0.1, -0.05) is 19.1 Å². The highest BCUT2D eigenvalue weighted by Crippen LogP contribution is 2.18. The third kappa shape index (κ3) is 3.54. The van der Waals surface area contributed by atoms with E-state index in [0.717, 1.165) is 5.56 Å². The van der Waals surface area contributed by atoms with Gasteiger partial charge in [-0.2, -0.15) is 0 Å². The van der Waals surface area contributed by atoms with E-state index in [2.05, 4.69) is 0 Å². The first kappa shape index (κ1) is 15.2. The zero-order valence-electron chi connectivity index (χ0n) is 11.5. The van der Waals surface area contributed by atoms with Crippen LogP contribution in [0.3, 0.4) is 0 Å². The summed E-state index contributed by atoms with van der Waals surface area (Å²) in [5.74, 6) is -1.36. The lowest BCUT2D eigenvalue weighted by Crippen LogP contribution is -2.49. The third-order valence-electron chi connectivity index (χ3n) is 3.28. The molecule has 3 N–H and O–H groups in total. The minimum Gasteiger partial charge on any atom is -0.480 e. The number of likely N-dealkylation sites (N-methyl/N-ethyl adjacent to an activating group) is 1. The highest BCUT2D eigenvalue weighted by atomic mass is 16.4. The van der Waals surface area contributed by atoms with Crippen molar-refractivity contribution >= 4 is 11.9 Å². The van der Waals surface area contributed by atoms with Crippen molar-refractivity contribution in [2.75, 3.05) is 6.54 Å². The number of primary amides is 1. The second-order valence-electron chi connectivity index (χ2n) is 4.94. The van der Waals surface area contributed by atoms with Gasteiger partial charge in [0.1, 0.15) is 5.54 Å². The number of carboxylic acids is 1. The Balaban J connectivity index is 2.96. The Kier molecular flexibility index (Phi) is 4.67. The first-order valence-electron chi connectivity index (χ1n) is 6.16. The molecule has 1 aromatic carbocycles. The van der Waals surface area contributed by atoms with Crippen LogP contribution in [-0.2, 0) is 11.3 Å². The molecule has 0 unspecified atom stereocenters. The van der Waals surface area contributed by atoms with Gasteiger partial charge >= 0.3 is 5.97 Å². The van der Waals surface area contributed by atoms with Crippen LogP contribution in [0.4, 0.5) is 0 Å². The van der Waals surface area contributed by atoms with Crippen LogP contribution >= 0.6 is 0 Å². The molecule has 0 aliphatic heterocycles. The van der Waals surface area contributed by atoms with Crippen molar-refractivity contribution in [1.82, 2.24) is 4.90 Å². The van der Waals surface area contributed by atoms with E-state index in [1.54, 1.807) is 32.0 Å². The predicted molar refractivity (Wildman–Crippen MR) is 72.8 cm³/mol. The number of benzene rings is 1. The quantitative estimate of drug-likeness (QED) is 0.815. The van der Waals surface area contributed by atoms with E-state index in [0.29, 0.717) is 18.7 Å². The van der Waals surface area contributed by atoms with Gasteiger partial charge < -0.3 is 10.8 Å². The van der Waals surface area contributed by atoms with Crippen molar-refractivity contribution in [2.45, 2.75) is 32.9 Å². The summed E-state index contributed by atoms with van der Waals surface area (Å²) in [6.07, 6.45) is 0. The number of carbonyl (C=O) groups excluding carboxylic acids is 1. The fourth-order valence-electron chi connectivity index (χ4n) is 1.88. The number of nitrogens with zero attached hydrogens (tertiary/aromatic N) is 1. The van der Waals surface area contributed by atoms with E-state index in [4.69, 9.17) is 5.73 Å². The first-order chi connectivity index (χ1) is 8.78. The molecule has 0 heterocycles. The Labute approximate surface area is 113 Å². The van der Waals surface area contributed by atoms with Crippen LogP contribution in [0.5, 0.6) is 0 Å². The molecule has 0 spiro atoms. The Morgan fingerprint density at radius 1 is 1.37 bits per heavy atom. The SMILES string of the molecule is CCN(Cc1cccc(C(N)=O)c1)C(C)(C)C(=O)O. The molecule has 0 aromatic heterocycles. The summed E-state index contributed by atoms with van der Waals surface area (Å²) in [6, 6.07) is 6.94. The maximum absolute atomic E-state index is 11.3. The summed E-state index contributed by atoms with van der Waals surface area (Å²) < 4.78 is 0. The molecule has 5 nitrogen and oxygen atoms in total. The fraction of sp³-hybridized carbons (Fsp3) is 0.429. The van der Waals surface area contributed by atoms with Crippen molar-refractivity contribution in [3.63, 3.8) is 0 Å². The van der Waals surface area contributed by atoms with Gasteiger partial charge in [-0.25, -0.2) is 0 Å². The molecule has 1 amide bonds. The molecule has 19 heavy (non-hydrogen) atoms. The largest absolute Gasteiger partial charge is 0.480 e. The average molecular weight is 264 g/mol. The van der Waals surface area contributed by atoms with Crippen LogP contribution in [0.25, 0.3) is 0 Å². The normalized spacial score (nSPS) is 11.6. The number of amides is 1. The van der Waals surface area contributed by atoms with Crippen molar-refractivity contribution in [3.8, 4) is 0 Å². The zero-order valence-corrected chi connectivity index (χ0v) is 11.5. The van der Waals surface area contributed by atoms with Crippen molar-refractivity contribution in [1.29, 1.82) is 0 Å². The Bertz CT molecular complexity index is 483. The summed E-state index contributed by atoms with van der Waals surface area (Å²) in [5, 5.41) is 9.25. The Hall–Kier alpha value is -1.88. The lowest BCUT2D eigenvalue weighted by molar-refractivity contribution is -0.149. The summed E-state index contributed by atoms with van der Waals surface area (Å²) in [4.78, 5) is 24.2. The Morgan fingerprint density at radius 3 is 2.47 bits per heavy atom. The molecular formula is C14H20N2O3. The highest BCUT2D eigenvalue weighted by molar-refractivity contribution is 5.92. The van der Waals surface area contributed by atoms with Crippen LogP contribution in [0, 0.1) is 0 Å². The third-order valence-corrected chi connectivity index (χ3v) is 3.28. The maximum atomic E-state index is 11.3. The van der Waals surface area contributed by atoms with Gasteiger partial charge in [-0.05, 0) is 38.1 Å². The zero-order chi connectivity index (χ0) is 14.6. The van der Waals surface area contributed by atoms with E-state index >= 15 is 0 Å². The molecule has 0 fully saturated rings. The molecule has 0 bridgehead atoms. The molecule has 1 rings (SSSR count). The van der Waals surface area contributed by atoms with E-state index in [1.165, 1.54) is 0 Å². The molecule has 104 valence electrons. The van der Waals surface area contributed by atoms with E-state index in [1.807, 2.05) is 17.9 Å². The number of rotatable bonds is 6. The van der Waals surface area contributed by atoms with Crippen LogP contribution < -0.4 is 5.73 Å². The minimum atomic E-state index is -0.961. The first-order valence-corrected chi connectivity index (χ1v) is 6.16. The number of hydrogen-bond donors (Lipinski definition) is 2. The lowest BCUT2D eigenvalue weighted by atomic mass is 10.0. The number of nitrogens with two attached hydrogens (primary N) is 1. The van der Waals surface area contributed by atoms with Crippen molar-refractivity contribution in [2.24, 2.45) is 5.73 Å². The van der Waals surface area contributed by atoms with Crippen molar-refractivity contribution < 1.29 is 14.7 Å². The summed E-state index contributed by atoms with van der Waals surface area (Å²) in [6.45, 7) is 6.28. The van der Waals surface area contributed by atoms with Crippen LogP contribution in [0.1, 0.15) is 36.7 Å². The molecule has 0 aliphatic carbocycles. The van der Waals surface area contributed by atoms with Gasteiger partial charge in [0.15, 0.2) is 0 Å². The molecule has 0 saturated carbocycles. The second-order valence-corrected chi connectivity index (χ2v) is 4.94. The van der Waals surface area contributed by atoms with Gasteiger partial charge in [-0.3, -0.25) is 14.5 Å². The van der Waals surface area contributed by atoms with E-state index in [-0.39, 0.29) is 0 Å². The smallest absolute Gasteiger partial charge is 0.323 e. The summed E-state index contributed by atoms with van der Waals surface area (Å²) in [7, 11) is 0. The number of carbonyl (C=O) groups is 2. The van der Waals surface area contributed by atoms with E-state index in [9.17, 15) is 14.7 Å². The van der Waals surface area contributed by atoms with Crippen LogP contribution in [0.2, 0.25) is 0 Å². The van der Waals surface area contributed by atoms with Gasteiger partial charge in [0.2, 0.25) is 5.91 Å². The van der Waals surface area contributed by atoms with Crippen LogP contribution in [-0.4, -0.2) is 34.0 Å². The van der Waals surface area contributed by atoms with Crippen molar-refractivity contribution in [3.05, 3.63) is 35.4 Å². The maximum Gasteiger partial charge on any atom is 0.323 e. The fourth-order valence-corrected chi connectivity index (χ4v) is 1.88. The standard InChI is InChI=1S/C14H20N2O3/c1-4-16(14(2,3)13(18)19)9-10-6-5-7-11(8-10)12(15)17/h5-8H,4,9H2,1-3H3,(H2,15,17)(H,18,19). The molecule has 0 radical (unpaired) electrons. The Morgan fingerprint density at radius 2 is 2.00 bits per heavy atom. The number of aliphatic carboxylic acids is 1. The van der Waals surface area contributed by atoms with E-state index < -0.39 is 17.4 Å². The monoisotopic (exact) mass is 264 g/mol.